The predicted molar refractivity (Wildman–Crippen MR) is 74.9 cm³/mol. The maximum Gasteiger partial charge on any atom is 0.253 e. The van der Waals surface area contributed by atoms with Crippen LogP contribution in [0.4, 0.5) is 5.69 Å². The van der Waals surface area contributed by atoms with Gasteiger partial charge < -0.3 is 10.7 Å². The summed E-state index contributed by atoms with van der Waals surface area (Å²) >= 11 is 1.58. The summed E-state index contributed by atoms with van der Waals surface area (Å²) in [5.41, 5.74) is 3.44. The Morgan fingerprint density at radius 1 is 1.53 bits per heavy atom. The number of aromatic nitrogens is 2. The molecule has 0 aromatic carbocycles. The third kappa shape index (κ3) is 3.27. The Labute approximate surface area is 115 Å². The molecule has 19 heavy (non-hydrogen) atoms. The number of hydrogen-bond donors (Lipinski definition) is 3. The maximum absolute atomic E-state index is 12.0. The van der Waals surface area contributed by atoms with Crippen LogP contribution in [-0.2, 0) is 0 Å². The van der Waals surface area contributed by atoms with Crippen LogP contribution in [0.2, 0.25) is 0 Å². The first-order chi connectivity index (χ1) is 9.22. The Morgan fingerprint density at radius 3 is 3.05 bits per heavy atom. The lowest BCUT2D eigenvalue weighted by molar-refractivity contribution is 0.0952. The van der Waals surface area contributed by atoms with E-state index in [2.05, 4.69) is 20.7 Å². The lowest BCUT2D eigenvalue weighted by Crippen LogP contribution is -2.28. The molecule has 7 heteroatoms. The van der Waals surface area contributed by atoms with Crippen molar-refractivity contribution in [2.45, 2.75) is 12.8 Å². The zero-order valence-electron chi connectivity index (χ0n) is 10.5. The van der Waals surface area contributed by atoms with E-state index < -0.39 is 0 Å². The first-order valence-electron chi connectivity index (χ1n) is 5.80. The normalized spacial score (nSPS) is 11.9. The Hall–Kier alpha value is -1.99. The van der Waals surface area contributed by atoms with Gasteiger partial charge in [0, 0.05) is 30.2 Å². The number of nitrogens with two attached hydrogens (primary N) is 1. The van der Waals surface area contributed by atoms with Crippen molar-refractivity contribution in [2.24, 2.45) is 5.84 Å². The molecule has 2 aromatic rings. The fourth-order valence-corrected chi connectivity index (χ4v) is 2.31. The van der Waals surface area contributed by atoms with Gasteiger partial charge >= 0.3 is 0 Å². The quantitative estimate of drug-likeness (QED) is 0.567. The van der Waals surface area contributed by atoms with Crippen LogP contribution in [0, 0.1) is 0 Å². The molecule has 0 aliphatic rings. The second-order valence-electron chi connectivity index (χ2n) is 4.05. The summed E-state index contributed by atoms with van der Waals surface area (Å²) in [6.07, 6.45) is 4.83. The number of hydrazine groups is 1. The number of carbonyl (C=O) groups excluding carboxylic acids is 1. The average molecular weight is 277 g/mol. The Bertz CT molecular complexity index is 543. The van der Waals surface area contributed by atoms with Gasteiger partial charge in [0.25, 0.3) is 5.91 Å². The molecule has 2 rings (SSSR count). The first-order valence-corrected chi connectivity index (χ1v) is 6.68. The van der Waals surface area contributed by atoms with Crippen LogP contribution in [0.15, 0.2) is 30.0 Å². The topological polar surface area (TPSA) is 92.9 Å². The summed E-state index contributed by atoms with van der Waals surface area (Å²) < 4.78 is 0. The Morgan fingerprint density at radius 2 is 2.37 bits per heavy atom. The molecule has 1 atom stereocenters. The highest BCUT2D eigenvalue weighted by Crippen LogP contribution is 2.17. The summed E-state index contributed by atoms with van der Waals surface area (Å²) in [4.78, 5) is 20.2. The van der Waals surface area contributed by atoms with Gasteiger partial charge in [-0.3, -0.25) is 15.6 Å². The summed E-state index contributed by atoms with van der Waals surface area (Å²) in [5.74, 6) is 5.34. The number of hydrogen-bond acceptors (Lipinski definition) is 6. The Balaban J connectivity index is 1.98. The number of amides is 1. The van der Waals surface area contributed by atoms with Crippen LogP contribution in [0.1, 0.15) is 28.2 Å². The first kappa shape index (κ1) is 13.4. The number of rotatable bonds is 5. The molecule has 0 bridgehead atoms. The predicted octanol–water partition coefficient (Wildman–Crippen LogP) is 1.36. The van der Waals surface area contributed by atoms with Gasteiger partial charge in [0.15, 0.2) is 0 Å². The zero-order chi connectivity index (χ0) is 13.7. The minimum absolute atomic E-state index is 0.181. The van der Waals surface area contributed by atoms with Gasteiger partial charge in [0.05, 0.1) is 22.5 Å². The van der Waals surface area contributed by atoms with Crippen molar-refractivity contribution in [3.05, 3.63) is 40.6 Å². The van der Waals surface area contributed by atoms with Gasteiger partial charge in [0.2, 0.25) is 0 Å². The van der Waals surface area contributed by atoms with E-state index in [1.165, 1.54) is 6.20 Å². The van der Waals surface area contributed by atoms with Crippen molar-refractivity contribution in [1.29, 1.82) is 0 Å². The molecule has 0 spiro atoms. The molecule has 0 saturated heterocycles. The van der Waals surface area contributed by atoms with Crippen molar-refractivity contribution in [2.75, 3.05) is 12.0 Å². The van der Waals surface area contributed by atoms with Crippen LogP contribution in [0.3, 0.4) is 0 Å². The number of nitrogen functional groups attached to an aromatic ring is 1. The summed E-state index contributed by atoms with van der Waals surface area (Å²) in [6.45, 7) is 2.55. The van der Waals surface area contributed by atoms with Crippen molar-refractivity contribution in [3.63, 3.8) is 0 Å². The van der Waals surface area contributed by atoms with Crippen LogP contribution >= 0.6 is 11.3 Å². The monoisotopic (exact) mass is 277 g/mol. The number of nitrogens with one attached hydrogen (secondary N) is 2. The molecule has 4 N–H and O–H groups in total. The fourth-order valence-electron chi connectivity index (χ4n) is 1.61. The molecule has 0 fully saturated rings. The van der Waals surface area contributed by atoms with Crippen LogP contribution in [0.25, 0.3) is 0 Å². The number of carbonyl (C=O) groups is 1. The number of pyridine rings is 1. The molecule has 1 amide bonds. The second kappa shape index (κ2) is 6.26. The van der Waals surface area contributed by atoms with E-state index in [1.54, 1.807) is 29.8 Å². The molecule has 0 saturated carbocycles. The largest absolute Gasteiger partial charge is 0.351 e. The lowest BCUT2D eigenvalue weighted by atomic mass is 10.1. The van der Waals surface area contributed by atoms with Gasteiger partial charge in [-0.15, -0.1) is 11.3 Å². The average Bonchev–Trinajstić information content (AvgIpc) is 2.98. The van der Waals surface area contributed by atoms with E-state index in [1.807, 2.05) is 12.3 Å². The van der Waals surface area contributed by atoms with E-state index in [0.717, 1.165) is 5.01 Å². The molecule has 100 valence electrons. The van der Waals surface area contributed by atoms with Crippen molar-refractivity contribution in [3.8, 4) is 0 Å². The fraction of sp³-hybridized carbons (Fsp3) is 0.250. The minimum Gasteiger partial charge on any atom is -0.351 e. The van der Waals surface area contributed by atoms with Crippen LogP contribution in [-0.4, -0.2) is 22.4 Å². The van der Waals surface area contributed by atoms with Gasteiger partial charge in [-0.25, -0.2) is 4.98 Å². The molecule has 6 nitrogen and oxygen atoms in total. The van der Waals surface area contributed by atoms with Crippen molar-refractivity contribution >= 4 is 22.9 Å². The van der Waals surface area contributed by atoms with Crippen molar-refractivity contribution in [1.82, 2.24) is 15.3 Å². The third-order valence-electron chi connectivity index (χ3n) is 2.66. The molecule has 0 radical (unpaired) electrons. The van der Waals surface area contributed by atoms with Gasteiger partial charge in [0.1, 0.15) is 0 Å². The van der Waals surface area contributed by atoms with Crippen molar-refractivity contribution < 1.29 is 4.79 Å². The third-order valence-corrected chi connectivity index (χ3v) is 3.67. The second-order valence-corrected chi connectivity index (χ2v) is 4.97. The molecule has 2 heterocycles. The van der Waals surface area contributed by atoms with Gasteiger partial charge in [-0.2, -0.15) is 0 Å². The van der Waals surface area contributed by atoms with E-state index in [0.29, 0.717) is 17.8 Å². The minimum atomic E-state index is -0.182. The van der Waals surface area contributed by atoms with E-state index in [9.17, 15) is 4.79 Å². The molecule has 1 unspecified atom stereocenters. The Kier molecular flexibility index (Phi) is 4.43. The summed E-state index contributed by atoms with van der Waals surface area (Å²) in [6, 6.07) is 1.62. The van der Waals surface area contributed by atoms with E-state index in [-0.39, 0.29) is 11.8 Å². The lowest BCUT2D eigenvalue weighted by Gasteiger charge is -2.12. The number of anilines is 1. The highest BCUT2D eigenvalue weighted by Gasteiger charge is 2.13. The number of thiazole rings is 1. The smallest absolute Gasteiger partial charge is 0.253 e. The molecule has 0 aliphatic carbocycles. The molecule has 0 aliphatic heterocycles. The summed E-state index contributed by atoms with van der Waals surface area (Å²) in [7, 11) is 0. The molecular formula is C12H15N5OS. The van der Waals surface area contributed by atoms with Gasteiger partial charge in [-0.1, -0.05) is 6.92 Å². The summed E-state index contributed by atoms with van der Waals surface area (Å²) in [5, 5.41) is 5.80. The highest BCUT2D eigenvalue weighted by molar-refractivity contribution is 7.09. The van der Waals surface area contributed by atoms with Gasteiger partial charge in [-0.05, 0) is 6.07 Å². The SMILES string of the molecule is CC(CNC(=O)c1ccncc1NN)c1nccs1. The maximum atomic E-state index is 12.0. The van der Waals surface area contributed by atoms with Crippen LogP contribution in [0.5, 0.6) is 0 Å². The molecular weight excluding hydrogens is 262 g/mol. The standard InChI is InChI=1S/C12H15N5OS/c1-8(12-15-4-5-19-12)6-16-11(18)9-2-3-14-7-10(9)17-13/h2-5,7-8,17H,6,13H2,1H3,(H,16,18). The molecule has 2 aromatic heterocycles. The number of nitrogens with zero attached hydrogens (tertiary/aromatic N) is 2. The highest BCUT2D eigenvalue weighted by atomic mass is 32.1. The van der Waals surface area contributed by atoms with E-state index >= 15 is 0 Å². The van der Waals surface area contributed by atoms with E-state index in [4.69, 9.17) is 5.84 Å². The zero-order valence-corrected chi connectivity index (χ0v) is 11.3. The van der Waals surface area contributed by atoms with Crippen LogP contribution < -0.4 is 16.6 Å².